The summed E-state index contributed by atoms with van der Waals surface area (Å²) in [4.78, 5) is 16.2. The van der Waals surface area contributed by atoms with Gasteiger partial charge in [-0.25, -0.2) is 9.98 Å². The maximum Gasteiger partial charge on any atom is 0.159 e. The lowest BCUT2D eigenvalue weighted by molar-refractivity contribution is 1.27. The van der Waals surface area contributed by atoms with Crippen LogP contribution in [0.1, 0.15) is 5.56 Å². The third-order valence-electron chi connectivity index (χ3n) is 3.02. The molecule has 4 heteroatoms. The fourth-order valence-corrected chi connectivity index (χ4v) is 2.26. The molecule has 0 aliphatic carbocycles. The van der Waals surface area contributed by atoms with Crippen molar-refractivity contribution in [2.24, 2.45) is 4.99 Å². The molecule has 1 N–H and O–H groups in total. The van der Waals surface area contributed by atoms with Crippen LogP contribution >= 0.6 is 0 Å². The number of H-pyrrole nitrogens is 1. The van der Waals surface area contributed by atoms with E-state index in [1.54, 1.807) is 6.20 Å². The Morgan fingerprint density at radius 1 is 1.12 bits per heavy atom. The average molecular weight is 220 g/mol. The van der Waals surface area contributed by atoms with Gasteiger partial charge in [0.1, 0.15) is 0 Å². The second-order valence-corrected chi connectivity index (χ2v) is 3.99. The number of nitrogens with one attached hydrogen (secondary N) is 1. The Bertz CT molecular complexity index is 755. The lowest BCUT2D eigenvalue weighted by Crippen LogP contribution is -1.84. The average Bonchev–Trinajstić information content (AvgIpc) is 2.72. The molecule has 4 heterocycles. The highest BCUT2D eigenvalue weighted by atomic mass is 14.9. The van der Waals surface area contributed by atoms with E-state index in [1.165, 1.54) is 0 Å². The molecular formula is C13H8N4. The SMILES string of the molecule is C1=Nc2ncccc2-c2cncc3[nH]cc1c23. The van der Waals surface area contributed by atoms with Crippen LogP contribution in [0.3, 0.4) is 0 Å². The van der Waals surface area contributed by atoms with Crippen LogP contribution in [0, 0.1) is 0 Å². The summed E-state index contributed by atoms with van der Waals surface area (Å²) in [5.74, 6) is 0.748. The molecule has 80 valence electrons. The number of aliphatic imine (C=N–C) groups is 1. The van der Waals surface area contributed by atoms with Crippen LogP contribution in [0.25, 0.3) is 22.0 Å². The summed E-state index contributed by atoms with van der Waals surface area (Å²) >= 11 is 0. The van der Waals surface area contributed by atoms with E-state index in [2.05, 4.69) is 19.9 Å². The van der Waals surface area contributed by atoms with Gasteiger partial charge in [0.2, 0.25) is 0 Å². The molecule has 4 rings (SSSR count). The largest absolute Gasteiger partial charge is 0.359 e. The van der Waals surface area contributed by atoms with Crippen molar-refractivity contribution >= 4 is 22.9 Å². The Morgan fingerprint density at radius 2 is 2.12 bits per heavy atom. The van der Waals surface area contributed by atoms with Crippen molar-refractivity contribution in [3.8, 4) is 11.1 Å². The number of nitrogens with zero attached hydrogens (tertiary/aromatic N) is 3. The third kappa shape index (κ3) is 1.09. The molecule has 0 saturated heterocycles. The summed E-state index contributed by atoms with van der Waals surface area (Å²) in [6.45, 7) is 0. The van der Waals surface area contributed by atoms with Gasteiger partial charge in [0.05, 0.1) is 11.7 Å². The molecule has 0 spiro atoms. The first-order valence-corrected chi connectivity index (χ1v) is 5.38. The predicted octanol–water partition coefficient (Wildman–Crippen LogP) is 2.69. The van der Waals surface area contributed by atoms with Crippen LogP contribution in [0.15, 0.2) is 41.9 Å². The quantitative estimate of drug-likeness (QED) is 0.495. The minimum Gasteiger partial charge on any atom is -0.359 e. The van der Waals surface area contributed by atoms with Crippen LogP contribution in [0.5, 0.6) is 0 Å². The van der Waals surface area contributed by atoms with Gasteiger partial charge in [-0.15, -0.1) is 0 Å². The zero-order chi connectivity index (χ0) is 11.2. The number of aromatic nitrogens is 3. The van der Waals surface area contributed by atoms with Crippen molar-refractivity contribution in [2.75, 3.05) is 0 Å². The van der Waals surface area contributed by atoms with Crippen molar-refractivity contribution < 1.29 is 0 Å². The van der Waals surface area contributed by atoms with E-state index in [-0.39, 0.29) is 0 Å². The lowest BCUT2D eigenvalue weighted by Gasteiger charge is -2.03. The van der Waals surface area contributed by atoms with Crippen molar-refractivity contribution in [1.29, 1.82) is 0 Å². The Morgan fingerprint density at radius 3 is 3.12 bits per heavy atom. The second-order valence-electron chi connectivity index (χ2n) is 3.99. The summed E-state index contributed by atoms with van der Waals surface area (Å²) in [6.07, 6.45) is 9.25. The molecule has 0 fully saturated rings. The highest BCUT2D eigenvalue weighted by Gasteiger charge is 2.15. The molecule has 0 saturated carbocycles. The summed E-state index contributed by atoms with van der Waals surface area (Å²) < 4.78 is 0. The van der Waals surface area contributed by atoms with E-state index in [4.69, 9.17) is 0 Å². The topological polar surface area (TPSA) is 53.9 Å². The number of fused-ring (bicyclic) bond motifs is 2. The van der Waals surface area contributed by atoms with Crippen molar-refractivity contribution in [3.63, 3.8) is 0 Å². The smallest absolute Gasteiger partial charge is 0.159 e. The van der Waals surface area contributed by atoms with E-state index in [0.29, 0.717) is 0 Å². The maximum atomic E-state index is 4.41. The highest BCUT2D eigenvalue weighted by molar-refractivity contribution is 6.09. The zero-order valence-electron chi connectivity index (χ0n) is 8.88. The number of hydrogen-bond donors (Lipinski definition) is 1. The summed E-state index contributed by atoms with van der Waals surface area (Å²) in [5.41, 5.74) is 4.22. The van der Waals surface area contributed by atoms with E-state index in [0.717, 1.165) is 33.4 Å². The van der Waals surface area contributed by atoms with Crippen molar-refractivity contribution in [1.82, 2.24) is 15.0 Å². The molecule has 0 bridgehead atoms. The van der Waals surface area contributed by atoms with E-state index in [9.17, 15) is 0 Å². The molecule has 0 aromatic carbocycles. The van der Waals surface area contributed by atoms with Gasteiger partial charge in [-0.1, -0.05) is 0 Å². The molecule has 3 aromatic rings. The number of hydrogen-bond acceptors (Lipinski definition) is 3. The van der Waals surface area contributed by atoms with E-state index < -0.39 is 0 Å². The van der Waals surface area contributed by atoms with Crippen LogP contribution in [-0.4, -0.2) is 21.2 Å². The molecule has 4 nitrogen and oxygen atoms in total. The van der Waals surface area contributed by atoms with Gasteiger partial charge >= 0.3 is 0 Å². The van der Waals surface area contributed by atoms with Crippen LogP contribution < -0.4 is 0 Å². The minimum absolute atomic E-state index is 0.748. The Hall–Kier alpha value is -2.49. The molecule has 0 radical (unpaired) electrons. The lowest BCUT2D eigenvalue weighted by atomic mass is 10.0. The van der Waals surface area contributed by atoms with Crippen LogP contribution in [-0.2, 0) is 0 Å². The summed E-state index contributed by atoms with van der Waals surface area (Å²) in [5, 5.41) is 1.16. The minimum atomic E-state index is 0.748. The molecular weight excluding hydrogens is 212 g/mol. The summed E-state index contributed by atoms with van der Waals surface area (Å²) in [6, 6.07) is 3.95. The van der Waals surface area contributed by atoms with Gasteiger partial charge in [-0.3, -0.25) is 4.98 Å². The van der Waals surface area contributed by atoms with E-state index >= 15 is 0 Å². The molecule has 0 unspecified atom stereocenters. The maximum absolute atomic E-state index is 4.41. The monoisotopic (exact) mass is 220 g/mol. The molecule has 0 atom stereocenters. The molecule has 1 aliphatic rings. The first kappa shape index (κ1) is 8.64. The molecule has 17 heavy (non-hydrogen) atoms. The molecule has 0 amide bonds. The Balaban J connectivity index is 2.24. The van der Waals surface area contributed by atoms with Gasteiger partial charge < -0.3 is 4.98 Å². The third-order valence-corrected chi connectivity index (χ3v) is 3.02. The van der Waals surface area contributed by atoms with Crippen molar-refractivity contribution in [3.05, 3.63) is 42.5 Å². The summed E-state index contributed by atoms with van der Waals surface area (Å²) in [7, 11) is 0. The van der Waals surface area contributed by atoms with Gasteiger partial charge in [-0.05, 0) is 12.1 Å². The van der Waals surface area contributed by atoms with Gasteiger partial charge in [0.15, 0.2) is 5.82 Å². The molecule has 3 aromatic heterocycles. The van der Waals surface area contributed by atoms with Crippen molar-refractivity contribution in [2.45, 2.75) is 0 Å². The highest BCUT2D eigenvalue weighted by Crippen LogP contribution is 2.36. The first-order chi connectivity index (χ1) is 8.43. The standard InChI is InChI=1S/C13H8N4/c1-2-9-10-6-14-7-11-12(10)8(4-16-11)5-17-13(9)15-3-1/h1-7,16H. The fraction of sp³-hybridized carbons (Fsp3) is 0. The number of aromatic amines is 1. The normalized spacial score (nSPS) is 12.5. The first-order valence-electron chi connectivity index (χ1n) is 5.38. The Kier molecular flexibility index (Phi) is 1.53. The van der Waals surface area contributed by atoms with Gasteiger partial charge in [0.25, 0.3) is 0 Å². The number of pyridine rings is 2. The Labute approximate surface area is 97.1 Å². The molecule has 1 aliphatic heterocycles. The fourth-order valence-electron chi connectivity index (χ4n) is 2.26. The van der Waals surface area contributed by atoms with E-state index in [1.807, 2.05) is 36.9 Å². The predicted molar refractivity (Wildman–Crippen MR) is 66.6 cm³/mol. The van der Waals surface area contributed by atoms with Crippen LogP contribution in [0.4, 0.5) is 5.82 Å². The number of rotatable bonds is 0. The second kappa shape index (κ2) is 3.01. The van der Waals surface area contributed by atoms with Gasteiger partial charge in [-0.2, -0.15) is 0 Å². The van der Waals surface area contributed by atoms with Crippen LogP contribution in [0.2, 0.25) is 0 Å². The van der Waals surface area contributed by atoms with Gasteiger partial charge in [0, 0.05) is 46.9 Å². The zero-order valence-corrected chi connectivity index (χ0v) is 8.88.